The predicted octanol–water partition coefficient (Wildman–Crippen LogP) is 1.39. The highest BCUT2D eigenvalue weighted by Crippen LogP contribution is 2.43. The number of carbonyl (C=O) groups excluding carboxylic acids is 1. The van der Waals surface area contributed by atoms with E-state index in [-0.39, 0.29) is 28.5 Å². The topological polar surface area (TPSA) is 73.6 Å². The molecule has 6 heteroatoms. The van der Waals surface area contributed by atoms with Crippen molar-refractivity contribution in [3.8, 4) is 0 Å². The molecule has 2 unspecified atom stereocenters. The van der Waals surface area contributed by atoms with Crippen LogP contribution in [0.1, 0.15) is 40.0 Å². The summed E-state index contributed by atoms with van der Waals surface area (Å²) in [5, 5.41) is 3.14. The Bertz CT molecular complexity index is 419. The molecule has 1 aliphatic heterocycles. The largest absolute Gasteiger partial charge is 0.392 e. The Balaban J connectivity index is 2.02. The van der Waals surface area contributed by atoms with Gasteiger partial charge in [-0.1, -0.05) is 26.1 Å². The first-order valence-corrected chi connectivity index (χ1v) is 8.05. The highest BCUT2D eigenvalue weighted by molar-refractivity contribution is 7.80. The second-order valence-corrected chi connectivity index (χ2v) is 7.03. The van der Waals surface area contributed by atoms with E-state index >= 15 is 0 Å². The van der Waals surface area contributed by atoms with Gasteiger partial charge in [0.15, 0.2) is 0 Å². The number of amides is 1. The molecule has 1 saturated carbocycles. The lowest BCUT2D eigenvalue weighted by Gasteiger charge is -2.52. The maximum absolute atomic E-state index is 12.7. The molecule has 2 rings (SSSR count). The molecule has 5 nitrogen and oxygen atoms in total. The Hall–Kier alpha value is -0.720. The number of ether oxygens (including phenoxy) is 2. The fourth-order valence-corrected chi connectivity index (χ4v) is 3.51. The standard InChI is InChI=1S/C15H26N2O3S/c1-4-20-11-9-10(14(11,2)3)17-13(18)15(12(16)21)5-7-19-8-6-15/h10-11H,4-9H2,1-3H3,(H2,16,21)(H,17,18). The second-order valence-electron chi connectivity index (χ2n) is 6.59. The maximum Gasteiger partial charge on any atom is 0.233 e. The highest BCUT2D eigenvalue weighted by Gasteiger charge is 2.52. The molecule has 2 atom stereocenters. The van der Waals surface area contributed by atoms with Gasteiger partial charge in [-0.3, -0.25) is 4.79 Å². The van der Waals surface area contributed by atoms with E-state index in [9.17, 15) is 4.79 Å². The molecule has 0 bridgehead atoms. The summed E-state index contributed by atoms with van der Waals surface area (Å²) < 4.78 is 11.0. The number of hydrogen-bond acceptors (Lipinski definition) is 4. The van der Waals surface area contributed by atoms with Gasteiger partial charge in [0.2, 0.25) is 5.91 Å². The van der Waals surface area contributed by atoms with E-state index in [1.54, 1.807) is 0 Å². The van der Waals surface area contributed by atoms with E-state index in [4.69, 9.17) is 27.4 Å². The van der Waals surface area contributed by atoms with Crippen molar-refractivity contribution in [1.82, 2.24) is 5.32 Å². The van der Waals surface area contributed by atoms with Gasteiger partial charge in [-0.25, -0.2) is 0 Å². The molecule has 3 N–H and O–H groups in total. The summed E-state index contributed by atoms with van der Waals surface area (Å²) in [6.45, 7) is 7.99. The summed E-state index contributed by atoms with van der Waals surface area (Å²) in [5.74, 6) is -0.0497. The van der Waals surface area contributed by atoms with Crippen LogP contribution in [0.15, 0.2) is 0 Å². The second kappa shape index (κ2) is 6.18. The molecule has 0 aromatic carbocycles. The van der Waals surface area contributed by atoms with Gasteiger partial charge in [-0.05, 0) is 26.2 Å². The van der Waals surface area contributed by atoms with Crippen molar-refractivity contribution in [2.45, 2.75) is 52.2 Å². The lowest BCUT2D eigenvalue weighted by molar-refractivity contribution is -0.144. The van der Waals surface area contributed by atoms with E-state index < -0.39 is 5.41 Å². The Labute approximate surface area is 131 Å². The minimum absolute atomic E-state index is 0.0497. The smallest absolute Gasteiger partial charge is 0.233 e. The van der Waals surface area contributed by atoms with Crippen LogP contribution in [0.4, 0.5) is 0 Å². The number of thiocarbonyl (C=S) groups is 1. The molecular formula is C15H26N2O3S. The van der Waals surface area contributed by atoms with Crippen molar-refractivity contribution in [2.75, 3.05) is 19.8 Å². The summed E-state index contributed by atoms with van der Waals surface area (Å²) in [7, 11) is 0. The van der Waals surface area contributed by atoms with Gasteiger partial charge in [0.05, 0.1) is 11.1 Å². The van der Waals surface area contributed by atoms with Crippen molar-refractivity contribution in [2.24, 2.45) is 16.6 Å². The van der Waals surface area contributed by atoms with Crippen LogP contribution in [0, 0.1) is 10.8 Å². The first-order chi connectivity index (χ1) is 9.84. The van der Waals surface area contributed by atoms with Crippen molar-refractivity contribution in [1.29, 1.82) is 0 Å². The van der Waals surface area contributed by atoms with Crippen LogP contribution in [-0.4, -0.2) is 42.9 Å². The van der Waals surface area contributed by atoms with Crippen LogP contribution >= 0.6 is 12.2 Å². The monoisotopic (exact) mass is 314 g/mol. The van der Waals surface area contributed by atoms with Crippen LogP contribution in [-0.2, 0) is 14.3 Å². The SMILES string of the molecule is CCOC1CC(NC(=O)C2(C(N)=S)CCOCC2)C1(C)C. The van der Waals surface area contributed by atoms with E-state index in [0.717, 1.165) is 6.42 Å². The fraction of sp³-hybridized carbons (Fsp3) is 0.867. The van der Waals surface area contributed by atoms with Crippen LogP contribution in [0.3, 0.4) is 0 Å². The molecule has 2 aliphatic rings. The molecule has 1 saturated heterocycles. The average molecular weight is 314 g/mol. The fourth-order valence-electron chi connectivity index (χ4n) is 3.22. The third-order valence-corrected chi connectivity index (χ3v) is 5.49. The first-order valence-electron chi connectivity index (χ1n) is 7.65. The summed E-state index contributed by atoms with van der Waals surface area (Å²) in [4.78, 5) is 13.0. The molecule has 0 radical (unpaired) electrons. The minimum Gasteiger partial charge on any atom is -0.392 e. The van der Waals surface area contributed by atoms with Gasteiger partial charge in [0.25, 0.3) is 0 Å². The van der Waals surface area contributed by atoms with E-state index in [0.29, 0.717) is 32.7 Å². The van der Waals surface area contributed by atoms with Crippen molar-refractivity contribution in [3.63, 3.8) is 0 Å². The van der Waals surface area contributed by atoms with Crippen LogP contribution in [0.5, 0.6) is 0 Å². The molecule has 0 spiro atoms. The molecule has 2 fully saturated rings. The number of nitrogens with two attached hydrogens (primary N) is 1. The summed E-state index contributed by atoms with van der Waals surface area (Å²) >= 11 is 5.17. The Kier molecular flexibility index (Phi) is 4.90. The van der Waals surface area contributed by atoms with Gasteiger partial charge in [-0.2, -0.15) is 0 Å². The zero-order chi connectivity index (χ0) is 15.7. The van der Waals surface area contributed by atoms with Crippen LogP contribution in [0.25, 0.3) is 0 Å². The predicted molar refractivity (Wildman–Crippen MR) is 85.0 cm³/mol. The number of hydrogen-bond donors (Lipinski definition) is 2. The number of nitrogens with one attached hydrogen (secondary N) is 1. The Morgan fingerprint density at radius 1 is 1.43 bits per heavy atom. The van der Waals surface area contributed by atoms with Gasteiger partial charge >= 0.3 is 0 Å². The Morgan fingerprint density at radius 3 is 2.52 bits per heavy atom. The van der Waals surface area contributed by atoms with Crippen LogP contribution < -0.4 is 11.1 Å². The van der Waals surface area contributed by atoms with Gasteiger partial charge in [-0.15, -0.1) is 0 Å². The normalized spacial score (nSPS) is 30.2. The first kappa shape index (κ1) is 16.6. The zero-order valence-electron chi connectivity index (χ0n) is 13.1. The Morgan fingerprint density at radius 2 is 2.05 bits per heavy atom. The zero-order valence-corrected chi connectivity index (χ0v) is 13.9. The number of carbonyl (C=O) groups is 1. The molecule has 1 amide bonds. The maximum atomic E-state index is 12.7. The molecule has 120 valence electrons. The average Bonchev–Trinajstić information content (AvgIpc) is 2.46. The van der Waals surface area contributed by atoms with Crippen molar-refractivity contribution >= 4 is 23.1 Å². The minimum atomic E-state index is -0.750. The lowest BCUT2D eigenvalue weighted by Crippen LogP contribution is -2.65. The summed E-state index contributed by atoms with van der Waals surface area (Å²) in [5.41, 5.74) is 5.06. The molecule has 1 heterocycles. The lowest BCUT2D eigenvalue weighted by atomic mass is 9.64. The molecular weight excluding hydrogens is 288 g/mol. The highest BCUT2D eigenvalue weighted by atomic mass is 32.1. The summed E-state index contributed by atoms with van der Waals surface area (Å²) in [6, 6.07) is 0.107. The van der Waals surface area contributed by atoms with E-state index in [2.05, 4.69) is 19.2 Å². The van der Waals surface area contributed by atoms with Gasteiger partial charge in [0.1, 0.15) is 5.41 Å². The molecule has 0 aromatic heterocycles. The van der Waals surface area contributed by atoms with Gasteiger partial charge in [0, 0.05) is 31.3 Å². The summed E-state index contributed by atoms with van der Waals surface area (Å²) in [6.07, 6.45) is 2.17. The number of rotatable bonds is 5. The van der Waals surface area contributed by atoms with Gasteiger partial charge < -0.3 is 20.5 Å². The van der Waals surface area contributed by atoms with E-state index in [1.165, 1.54) is 0 Å². The van der Waals surface area contributed by atoms with Crippen molar-refractivity contribution < 1.29 is 14.3 Å². The molecule has 21 heavy (non-hydrogen) atoms. The van der Waals surface area contributed by atoms with Crippen molar-refractivity contribution in [3.05, 3.63) is 0 Å². The quantitative estimate of drug-likeness (QED) is 0.750. The molecule has 0 aromatic rings. The van der Waals surface area contributed by atoms with E-state index in [1.807, 2.05) is 6.92 Å². The third kappa shape index (κ3) is 2.94. The third-order valence-electron chi connectivity index (χ3n) is 5.10. The molecule has 1 aliphatic carbocycles. The van der Waals surface area contributed by atoms with Crippen LogP contribution in [0.2, 0.25) is 0 Å².